The maximum absolute atomic E-state index is 8.19. The van der Waals surface area contributed by atoms with Crippen LogP contribution in [-0.4, -0.2) is 10.2 Å². The number of nitrogens with two attached hydrogens (primary N) is 1. The van der Waals surface area contributed by atoms with Crippen molar-refractivity contribution in [2.45, 2.75) is 6.92 Å². The molecule has 1 aromatic rings. The van der Waals surface area contributed by atoms with Gasteiger partial charge in [-0.1, -0.05) is 0 Å². The highest BCUT2D eigenvalue weighted by atomic mass is 17.1. The number of hydrogen-bond acceptors (Lipinski definition) is 4. The smallest absolute Gasteiger partial charge is 0.207 e. The molecule has 0 aliphatic heterocycles. The van der Waals surface area contributed by atoms with E-state index in [1.807, 2.05) is 0 Å². The van der Waals surface area contributed by atoms with Crippen LogP contribution in [0.4, 0.5) is 5.82 Å². The first-order valence-corrected chi connectivity index (χ1v) is 2.78. The van der Waals surface area contributed by atoms with Gasteiger partial charge in [-0.2, -0.15) is 0 Å². The molecule has 0 bridgehead atoms. The van der Waals surface area contributed by atoms with Gasteiger partial charge in [-0.05, 0) is 19.1 Å². The molecule has 4 heteroatoms. The van der Waals surface area contributed by atoms with Gasteiger partial charge in [0.2, 0.25) is 5.75 Å². The molecule has 0 aliphatic carbocycles. The summed E-state index contributed by atoms with van der Waals surface area (Å²) in [6, 6.07) is 3.25. The molecule has 0 unspecified atom stereocenters. The summed E-state index contributed by atoms with van der Waals surface area (Å²) in [4.78, 5) is 7.75. The fraction of sp³-hybridized carbons (Fsp3) is 0.167. The Bertz CT molecular complexity index is 237. The quantitative estimate of drug-likeness (QED) is 0.447. The van der Waals surface area contributed by atoms with Crippen LogP contribution in [0.1, 0.15) is 5.69 Å². The summed E-state index contributed by atoms with van der Waals surface area (Å²) in [5.74, 6) is 0.383. The van der Waals surface area contributed by atoms with Crippen LogP contribution in [0.15, 0.2) is 12.1 Å². The highest BCUT2D eigenvalue weighted by molar-refractivity contribution is 5.45. The molecule has 0 aliphatic rings. The van der Waals surface area contributed by atoms with Crippen LogP contribution < -0.4 is 10.6 Å². The largest absolute Gasteiger partial charge is 0.380 e. The zero-order valence-electron chi connectivity index (χ0n) is 5.53. The second-order valence-corrected chi connectivity index (χ2v) is 1.93. The third-order valence-corrected chi connectivity index (χ3v) is 1.12. The molecule has 0 amide bonds. The lowest BCUT2D eigenvalue weighted by molar-refractivity contribution is -0.137. The van der Waals surface area contributed by atoms with Crippen molar-refractivity contribution in [3.05, 3.63) is 17.8 Å². The molecule has 0 aromatic carbocycles. The summed E-state index contributed by atoms with van der Waals surface area (Å²) in [6.07, 6.45) is 0. The minimum Gasteiger partial charge on any atom is -0.380 e. The van der Waals surface area contributed by atoms with Crippen LogP contribution in [0.2, 0.25) is 0 Å². The molecule has 1 rings (SSSR count). The normalized spacial score (nSPS) is 9.40. The van der Waals surface area contributed by atoms with Crippen molar-refractivity contribution in [3.63, 3.8) is 0 Å². The highest BCUT2D eigenvalue weighted by Gasteiger charge is 1.99. The number of aromatic nitrogens is 1. The van der Waals surface area contributed by atoms with Crippen molar-refractivity contribution < 1.29 is 10.1 Å². The van der Waals surface area contributed by atoms with E-state index in [9.17, 15) is 0 Å². The zero-order chi connectivity index (χ0) is 7.56. The molecular formula is C6H8N2O2. The molecule has 0 radical (unpaired) electrons. The number of pyridine rings is 1. The van der Waals surface area contributed by atoms with Crippen LogP contribution in [0.25, 0.3) is 0 Å². The zero-order valence-corrected chi connectivity index (χ0v) is 5.53. The Morgan fingerprint density at radius 1 is 1.60 bits per heavy atom. The van der Waals surface area contributed by atoms with Gasteiger partial charge in [0, 0.05) is 5.69 Å². The molecular weight excluding hydrogens is 132 g/mol. The van der Waals surface area contributed by atoms with Crippen molar-refractivity contribution in [2.75, 3.05) is 5.73 Å². The third-order valence-electron chi connectivity index (χ3n) is 1.12. The van der Waals surface area contributed by atoms with Crippen molar-refractivity contribution in [1.82, 2.24) is 4.98 Å². The standard InChI is InChI=1S/C6H8N2O2/c1-4-2-3-5(10-9)6(7)8-4/h2-3,9H,1H3,(H2,7,8). The van der Waals surface area contributed by atoms with Crippen LogP contribution in [-0.2, 0) is 0 Å². The van der Waals surface area contributed by atoms with Crippen molar-refractivity contribution in [1.29, 1.82) is 0 Å². The maximum Gasteiger partial charge on any atom is 0.207 e. The molecule has 4 nitrogen and oxygen atoms in total. The summed E-state index contributed by atoms with van der Waals surface area (Å²) < 4.78 is 0. The second kappa shape index (κ2) is 2.53. The van der Waals surface area contributed by atoms with E-state index in [-0.39, 0.29) is 11.6 Å². The summed E-state index contributed by atoms with van der Waals surface area (Å²) in [5, 5.41) is 8.19. The van der Waals surface area contributed by atoms with Gasteiger partial charge in [-0.25, -0.2) is 10.2 Å². The summed E-state index contributed by atoms with van der Waals surface area (Å²) in [6.45, 7) is 1.80. The lowest BCUT2D eigenvalue weighted by atomic mass is 10.3. The first-order chi connectivity index (χ1) is 4.74. The summed E-state index contributed by atoms with van der Waals surface area (Å²) >= 11 is 0. The Labute approximate surface area is 58.2 Å². The number of nitrogen functional groups attached to an aromatic ring is 1. The molecule has 10 heavy (non-hydrogen) atoms. The fourth-order valence-corrected chi connectivity index (χ4v) is 0.641. The van der Waals surface area contributed by atoms with E-state index in [1.165, 1.54) is 0 Å². The Morgan fingerprint density at radius 3 is 2.80 bits per heavy atom. The SMILES string of the molecule is Cc1ccc(OO)c(N)n1. The van der Waals surface area contributed by atoms with Crippen molar-refractivity contribution >= 4 is 5.82 Å². The van der Waals surface area contributed by atoms with Crippen LogP contribution in [0, 0.1) is 6.92 Å². The van der Waals surface area contributed by atoms with E-state index in [2.05, 4.69) is 9.87 Å². The van der Waals surface area contributed by atoms with E-state index in [1.54, 1.807) is 19.1 Å². The molecule has 54 valence electrons. The van der Waals surface area contributed by atoms with Gasteiger partial charge in [0.15, 0.2) is 5.82 Å². The lowest BCUT2D eigenvalue weighted by Crippen LogP contribution is -1.96. The van der Waals surface area contributed by atoms with Gasteiger partial charge in [-0.3, -0.25) is 0 Å². The summed E-state index contributed by atoms with van der Waals surface area (Å²) in [5.41, 5.74) is 6.13. The van der Waals surface area contributed by atoms with Crippen LogP contribution in [0.3, 0.4) is 0 Å². The average molecular weight is 140 g/mol. The molecule has 0 atom stereocenters. The predicted molar refractivity (Wildman–Crippen MR) is 36.6 cm³/mol. The lowest BCUT2D eigenvalue weighted by Gasteiger charge is -1.99. The minimum absolute atomic E-state index is 0.186. The first kappa shape index (κ1) is 6.82. The molecule has 0 fully saturated rings. The first-order valence-electron chi connectivity index (χ1n) is 2.78. The van der Waals surface area contributed by atoms with Crippen LogP contribution in [0.5, 0.6) is 5.75 Å². The molecule has 0 saturated heterocycles. The van der Waals surface area contributed by atoms with E-state index in [0.29, 0.717) is 0 Å². The Kier molecular flexibility index (Phi) is 1.73. The molecule has 1 heterocycles. The average Bonchev–Trinajstić information content (AvgIpc) is 1.88. The molecule has 0 spiro atoms. The Morgan fingerprint density at radius 2 is 2.30 bits per heavy atom. The van der Waals surface area contributed by atoms with Gasteiger partial charge in [0.25, 0.3) is 0 Å². The van der Waals surface area contributed by atoms with Gasteiger partial charge in [0.05, 0.1) is 0 Å². The van der Waals surface area contributed by atoms with E-state index < -0.39 is 0 Å². The predicted octanol–water partition coefficient (Wildman–Crippen LogP) is 0.824. The van der Waals surface area contributed by atoms with E-state index >= 15 is 0 Å². The van der Waals surface area contributed by atoms with E-state index in [4.69, 9.17) is 11.0 Å². The van der Waals surface area contributed by atoms with Crippen LogP contribution >= 0.6 is 0 Å². The number of rotatable bonds is 1. The van der Waals surface area contributed by atoms with Crippen molar-refractivity contribution in [2.24, 2.45) is 0 Å². The second-order valence-electron chi connectivity index (χ2n) is 1.93. The monoisotopic (exact) mass is 140 g/mol. The van der Waals surface area contributed by atoms with Gasteiger partial charge < -0.3 is 10.6 Å². The number of anilines is 1. The van der Waals surface area contributed by atoms with Gasteiger partial charge >= 0.3 is 0 Å². The Hall–Kier alpha value is -1.29. The fourth-order valence-electron chi connectivity index (χ4n) is 0.641. The maximum atomic E-state index is 8.19. The Balaban J connectivity index is 3.07. The molecule has 1 aromatic heterocycles. The number of nitrogens with zero attached hydrogens (tertiary/aromatic N) is 1. The molecule has 3 N–H and O–H groups in total. The highest BCUT2D eigenvalue weighted by Crippen LogP contribution is 2.16. The number of aryl methyl sites for hydroxylation is 1. The van der Waals surface area contributed by atoms with E-state index in [0.717, 1.165) is 5.69 Å². The summed E-state index contributed by atoms with van der Waals surface area (Å²) in [7, 11) is 0. The van der Waals surface area contributed by atoms with Gasteiger partial charge in [-0.15, -0.1) is 0 Å². The van der Waals surface area contributed by atoms with Gasteiger partial charge in [0.1, 0.15) is 0 Å². The minimum atomic E-state index is 0.186. The number of hydrogen-bond donors (Lipinski definition) is 2. The topological polar surface area (TPSA) is 68.4 Å². The van der Waals surface area contributed by atoms with Crippen molar-refractivity contribution in [3.8, 4) is 5.75 Å². The third kappa shape index (κ3) is 1.16. The molecule has 0 saturated carbocycles.